The average molecular weight is 315 g/mol. The van der Waals surface area contributed by atoms with Gasteiger partial charge in [-0.3, -0.25) is 0 Å². The highest BCUT2D eigenvalue weighted by Crippen LogP contribution is 2.26. The van der Waals surface area contributed by atoms with Crippen LogP contribution in [0.5, 0.6) is 0 Å². The van der Waals surface area contributed by atoms with E-state index in [0.717, 1.165) is 22.6 Å². The number of hydrogen-bond donors (Lipinski definition) is 0. The Bertz CT molecular complexity index is 692. The summed E-state index contributed by atoms with van der Waals surface area (Å²) in [7, 11) is 0. The van der Waals surface area contributed by atoms with E-state index in [2.05, 4.69) is 10.1 Å². The number of nitrogens with zero attached hydrogens (tertiary/aromatic N) is 3. The van der Waals surface area contributed by atoms with E-state index in [0.29, 0.717) is 10.9 Å². The lowest BCUT2D eigenvalue weighted by Gasteiger charge is -2.00. The molecule has 6 heteroatoms. The quantitative estimate of drug-likeness (QED) is 0.663. The minimum absolute atomic E-state index is 0. The highest BCUT2D eigenvalue weighted by Gasteiger charge is 2.13. The maximum atomic E-state index is 6.01. The maximum absolute atomic E-state index is 6.01. The first-order chi connectivity index (χ1) is 8.79. The van der Waals surface area contributed by atoms with Gasteiger partial charge in [0.05, 0.1) is 17.3 Å². The molecule has 1 aromatic carbocycles. The molecule has 0 saturated carbocycles. The van der Waals surface area contributed by atoms with Crippen molar-refractivity contribution in [3.05, 3.63) is 53.3 Å². The molecule has 2 aromatic heterocycles. The summed E-state index contributed by atoms with van der Waals surface area (Å²) in [6.07, 6.45) is 1.72. The minimum atomic E-state index is 0. The van der Waals surface area contributed by atoms with Crippen molar-refractivity contribution in [1.29, 1.82) is 0 Å². The third-order valence-corrected chi connectivity index (χ3v) is 3.24. The molecule has 0 saturated heterocycles. The zero-order valence-corrected chi connectivity index (χ0v) is 12.1. The van der Waals surface area contributed by atoms with Gasteiger partial charge in [-0.25, -0.2) is 9.50 Å². The Kier molecular flexibility index (Phi) is 4.30. The van der Waals surface area contributed by atoms with Gasteiger partial charge in [0.1, 0.15) is 0 Å². The van der Waals surface area contributed by atoms with E-state index in [4.69, 9.17) is 23.2 Å². The van der Waals surface area contributed by atoms with E-state index < -0.39 is 0 Å². The Morgan fingerprint density at radius 1 is 1.11 bits per heavy atom. The average Bonchev–Trinajstić information content (AvgIpc) is 2.78. The molecule has 0 bridgehead atoms. The summed E-state index contributed by atoms with van der Waals surface area (Å²) in [5.74, 6) is 0.357. The Balaban J connectivity index is 0.00000133. The second-order valence-electron chi connectivity index (χ2n) is 3.84. The molecule has 0 radical (unpaired) electrons. The van der Waals surface area contributed by atoms with Gasteiger partial charge in [-0.05, 0) is 24.3 Å². The molecule has 2 heterocycles. The minimum Gasteiger partial charge on any atom is -0.227 e. The molecular formula is C13H10Cl3N3. The molecule has 0 aliphatic heterocycles. The Morgan fingerprint density at radius 2 is 1.84 bits per heavy atom. The van der Waals surface area contributed by atoms with E-state index in [-0.39, 0.29) is 12.4 Å². The van der Waals surface area contributed by atoms with Crippen LogP contribution in [0.15, 0.2) is 42.6 Å². The fourth-order valence-corrected chi connectivity index (χ4v) is 2.26. The normalized spacial score (nSPS) is 10.4. The topological polar surface area (TPSA) is 30.2 Å². The van der Waals surface area contributed by atoms with Crippen LogP contribution in [0.2, 0.25) is 5.02 Å². The Morgan fingerprint density at radius 3 is 2.53 bits per heavy atom. The van der Waals surface area contributed by atoms with Gasteiger partial charge in [0, 0.05) is 16.8 Å². The molecule has 0 atom stereocenters. The zero-order chi connectivity index (χ0) is 12.5. The smallest absolute Gasteiger partial charge is 0.154 e. The fraction of sp³-hybridized carbons (Fsp3) is 0.0769. The van der Waals surface area contributed by atoms with Gasteiger partial charge < -0.3 is 0 Å². The lowest BCUT2D eigenvalue weighted by Crippen LogP contribution is -1.94. The standard InChI is InChI=1S/C13H9Cl2N3.ClH/c14-8-11-13(9-3-5-10(15)6-4-9)17-12-2-1-7-16-18(11)12;/h1-7H,8H2;1H. The van der Waals surface area contributed by atoms with Crippen LogP contribution >= 0.6 is 35.6 Å². The number of alkyl halides is 1. The van der Waals surface area contributed by atoms with Crippen LogP contribution < -0.4 is 0 Å². The van der Waals surface area contributed by atoms with E-state index in [1.165, 1.54) is 0 Å². The van der Waals surface area contributed by atoms with Crippen molar-refractivity contribution >= 4 is 41.3 Å². The molecule has 0 N–H and O–H groups in total. The fourth-order valence-electron chi connectivity index (χ4n) is 1.89. The van der Waals surface area contributed by atoms with Gasteiger partial charge in [-0.15, -0.1) is 24.0 Å². The summed E-state index contributed by atoms with van der Waals surface area (Å²) in [6, 6.07) is 11.3. The molecule has 3 rings (SSSR count). The first-order valence-electron chi connectivity index (χ1n) is 5.44. The number of imidazole rings is 1. The van der Waals surface area contributed by atoms with E-state index >= 15 is 0 Å². The molecule has 0 aliphatic rings. The van der Waals surface area contributed by atoms with Crippen molar-refractivity contribution in [2.24, 2.45) is 0 Å². The zero-order valence-electron chi connectivity index (χ0n) is 9.75. The van der Waals surface area contributed by atoms with Gasteiger partial charge in [0.2, 0.25) is 0 Å². The second-order valence-corrected chi connectivity index (χ2v) is 4.54. The number of hydrogen-bond acceptors (Lipinski definition) is 2. The molecule has 0 amide bonds. The predicted octanol–water partition coefficient (Wildman–Crippen LogP) is 4.21. The SMILES string of the molecule is Cl.ClCc1c(-c2ccc(Cl)cc2)nc2cccnn12. The van der Waals surface area contributed by atoms with Crippen molar-refractivity contribution in [3.63, 3.8) is 0 Å². The highest BCUT2D eigenvalue weighted by molar-refractivity contribution is 6.30. The lowest BCUT2D eigenvalue weighted by atomic mass is 10.1. The van der Waals surface area contributed by atoms with Crippen LogP contribution in [0.25, 0.3) is 16.9 Å². The molecule has 3 nitrogen and oxygen atoms in total. The molecule has 19 heavy (non-hydrogen) atoms. The summed E-state index contributed by atoms with van der Waals surface area (Å²) >= 11 is 11.9. The van der Waals surface area contributed by atoms with Crippen LogP contribution in [0.4, 0.5) is 0 Å². The molecular weight excluding hydrogens is 305 g/mol. The summed E-state index contributed by atoms with van der Waals surface area (Å²) in [4.78, 5) is 4.56. The van der Waals surface area contributed by atoms with Crippen LogP contribution in [-0.2, 0) is 5.88 Å². The van der Waals surface area contributed by atoms with Crippen LogP contribution in [0.3, 0.4) is 0 Å². The molecule has 0 unspecified atom stereocenters. The van der Waals surface area contributed by atoms with Gasteiger partial charge >= 0.3 is 0 Å². The maximum Gasteiger partial charge on any atom is 0.154 e. The van der Waals surface area contributed by atoms with E-state index in [1.807, 2.05) is 36.4 Å². The largest absolute Gasteiger partial charge is 0.227 e. The summed E-state index contributed by atoms with van der Waals surface area (Å²) in [6.45, 7) is 0. The van der Waals surface area contributed by atoms with Crippen LogP contribution in [0, 0.1) is 0 Å². The highest BCUT2D eigenvalue weighted by atomic mass is 35.5. The monoisotopic (exact) mass is 313 g/mol. The van der Waals surface area contributed by atoms with Crippen molar-refractivity contribution in [2.75, 3.05) is 0 Å². The Labute approximate surface area is 126 Å². The van der Waals surface area contributed by atoms with Crippen molar-refractivity contribution in [2.45, 2.75) is 5.88 Å². The molecule has 98 valence electrons. The van der Waals surface area contributed by atoms with Gasteiger partial charge in [0.15, 0.2) is 5.65 Å². The summed E-state index contributed by atoms with van der Waals surface area (Å²) in [5, 5.41) is 4.96. The van der Waals surface area contributed by atoms with Crippen molar-refractivity contribution in [1.82, 2.24) is 14.6 Å². The summed E-state index contributed by atoms with van der Waals surface area (Å²) in [5.41, 5.74) is 3.51. The number of rotatable bonds is 2. The predicted molar refractivity (Wildman–Crippen MR) is 80.2 cm³/mol. The van der Waals surface area contributed by atoms with Gasteiger partial charge in [-0.1, -0.05) is 23.7 Å². The second kappa shape index (κ2) is 5.78. The number of fused-ring (bicyclic) bond motifs is 1. The molecule has 0 aliphatic carbocycles. The molecule has 0 fully saturated rings. The lowest BCUT2D eigenvalue weighted by molar-refractivity contribution is 0.892. The number of aromatic nitrogens is 3. The third-order valence-electron chi connectivity index (χ3n) is 2.73. The van der Waals surface area contributed by atoms with Crippen molar-refractivity contribution < 1.29 is 0 Å². The number of halogens is 3. The van der Waals surface area contributed by atoms with E-state index in [1.54, 1.807) is 10.7 Å². The van der Waals surface area contributed by atoms with Crippen LogP contribution in [0.1, 0.15) is 5.69 Å². The van der Waals surface area contributed by atoms with Crippen LogP contribution in [-0.4, -0.2) is 14.6 Å². The first-order valence-corrected chi connectivity index (χ1v) is 6.35. The third kappa shape index (κ3) is 2.54. The van der Waals surface area contributed by atoms with Gasteiger partial charge in [0.25, 0.3) is 0 Å². The van der Waals surface area contributed by atoms with Gasteiger partial charge in [-0.2, -0.15) is 5.10 Å². The summed E-state index contributed by atoms with van der Waals surface area (Å²) < 4.78 is 1.76. The first kappa shape index (κ1) is 14.1. The van der Waals surface area contributed by atoms with E-state index in [9.17, 15) is 0 Å². The van der Waals surface area contributed by atoms with Crippen molar-refractivity contribution in [3.8, 4) is 11.3 Å². The Hall–Kier alpha value is -1.29. The molecule has 0 spiro atoms. The molecule has 3 aromatic rings. The number of benzene rings is 1.